The predicted octanol–water partition coefficient (Wildman–Crippen LogP) is 6.68. The number of aromatic nitrogens is 2. The molecule has 8 heteroatoms. The molecule has 1 aliphatic heterocycles. The molecule has 196 valence electrons. The second-order valence-electron chi connectivity index (χ2n) is 9.29. The average Bonchev–Trinajstić information content (AvgIpc) is 3.45. The van der Waals surface area contributed by atoms with Crippen LogP contribution in [0.15, 0.2) is 60.7 Å². The lowest BCUT2D eigenvalue weighted by molar-refractivity contribution is 0.0743. The van der Waals surface area contributed by atoms with Gasteiger partial charge in [-0.2, -0.15) is 5.10 Å². The highest BCUT2D eigenvalue weighted by Crippen LogP contribution is 2.46. The number of benzene rings is 3. The summed E-state index contributed by atoms with van der Waals surface area (Å²) in [6, 6.07) is 18.6. The largest absolute Gasteiger partial charge is 0.507 e. The number of phenols is 1. The Bertz CT molecular complexity index is 1470. The summed E-state index contributed by atoms with van der Waals surface area (Å²) >= 11 is 6.40. The number of nitrogens with zero attached hydrogens (tertiary/aromatic N) is 2. The van der Waals surface area contributed by atoms with E-state index >= 15 is 0 Å². The second-order valence-corrected chi connectivity index (χ2v) is 9.70. The minimum absolute atomic E-state index is 0.0565. The zero-order valence-corrected chi connectivity index (χ0v) is 22.4. The Hall–Kier alpha value is -3.97. The number of aryl methyl sites for hydroxylation is 1. The number of nitrogens with one attached hydrogen (secondary N) is 1. The van der Waals surface area contributed by atoms with Crippen LogP contribution in [0.25, 0.3) is 11.3 Å². The maximum absolute atomic E-state index is 13.5. The molecule has 1 aliphatic rings. The zero-order chi connectivity index (χ0) is 26.8. The lowest BCUT2D eigenvalue weighted by Gasteiger charge is -2.27. The number of aromatic amines is 1. The minimum atomic E-state index is -0.423. The predicted molar refractivity (Wildman–Crippen MR) is 147 cm³/mol. The van der Waals surface area contributed by atoms with Gasteiger partial charge in [-0.25, -0.2) is 0 Å². The molecular weight excluding hydrogens is 502 g/mol. The third-order valence-corrected chi connectivity index (χ3v) is 7.09. The van der Waals surface area contributed by atoms with Gasteiger partial charge in [0.05, 0.1) is 12.6 Å². The highest BCUT2D eigenvalue weighted by atomic mass is 35.5. The summed E-state index contributed by atoms with van der Waals surface area (Å²) < 4.78 is 12.1. The van der Waals surface area contributed by atoms with E-state index in [1.165, 1.54) is 0 Å². The summed E-state index contributed by atoms with van der Waals surface area (Å²) in [6.45, 7) is 7.22. The van der Waals surface area contributed by atoms with Gasteiger partial charge in [0, 0.05) is 22.7 Å². The molecule has 1 amide bonds. The first kappa shape index (κ1) is 25.7. The van der Waals surface area contributed by atoms with Crippen LogP contribution in [0.3, 0.4) is 0 Å². The van der Waals surface area contributed by atoms with Gasteiger partial charge in [-0.3, -0.25) is 9.89 Å². The Morgan fingerprint density at radius 1 is 1.05 bits per heavy atom. The van der Waals surface area contributed by atoms with Crippen LogP contribution in [0.2, 0.25) is 5.02 Å². The van der Waals surface area contributed by atoms with Crippen LogP contribution in [0.1, 0.15) is 59.1 Å². The molecule has 1 unspecified atom stereocenters. The molecule has 1 atom stereocenters. The monoisotopic (exact) mass is 531 g/mol. The number of hydrogen-bond acceptors (Lipinski definition) is 5. The number of carbonyl (C=O) groups excluding carboxylic acids is 1. The first-order valence-electron chi connectivity index (χ1n) is 12.7. The van der Waals surface area contributed by atoms with E-state index in [1.807, 2.05) is 74.2 Å². The van der Waals surface area contributed by atoms with Gasteiger partial charge in [0.1, 0.15) is 23.7 Å². The third-order valence-electron chi connectivity index (χ3n) is 6.68. The first-order chi connectivity index (χ1) is 18.4. The van der Waals surface area contributed by atoms with Gasteiger partial charge in [-0.05, 0) is 61.2 Å². The molecule has 1 aromatic heterocycles. The van der Waals surface area contributed by atoms with Crippen molar-refractivity contribution in [3.05, 3.63) is 93.6 Å². The van der Waals surface area contributed by atoms with E-state index in [9.17, 15) is 9.90 Å². The summed E-state index contributed by atoms with van der Waals surface area (Å²) in [7, 11) is 0. The van der Waals surface area contributed by atoms with Crippen LogP contribution >= 0.6 is 11.6 Å². The zero-order valence-electron chi connectivity index (χ0n) is 21.6. The fraction of sp³-hybridized carbons (Fsp3) is 0.267. The molecule has 0 saturated carbocycles. The van der Waals surface area contributed by atoms with Crippen LogP contribution in [0.4, 0.5) is 0 Å². The van der Waals surface area contributed by atoms with Crippen molar-refractivity contribution in [1.82, 2.24) is 15.1 Å². The number of ether oxygens (including phenoxy) is 2. The summed E-state index contributed by atoms with van der Waals surface area (Å²) in [5.41, 5.74) is 4.77. The van der Waals surface area contributed by atoms with E-state index in [-0.39, 0.29) is 11.7 Å². The maximum atomic E-state index is 13.5. The Morgan fingerprint density at radius 2 is 1.84 bits per heavy atom. The van der Waals surface area contributed by atoms with Gasteiger partial charge in [-0.1, -0.05) is 54.9 Å². The fourth-order valence-corrected chi connectivity index (χ4v) is 5.06. The SMILES string of the molecule is CCCN1C(=O)c2[nH]nc(-c3cc(Cl)c(C)cc3O)c2C1c1ccc(OCc2ccccc2)c(OCC)c1. The van der Waals surface area contributed by atoms with Gasteiger partial charge in [0.25, 0.3) is 5.91 Å². The van der Waals surface area contributed by atoms with Crippen molar-refractivity contribution in [3.63, 3.8) is 0 Å². The van der Waals surface area contributed by atoms with E-state index in [1.54, 1.807) is 12.1 Å². The van der Waals surface area contributed by atoms with Crippen molar-refractivity contribution >= 4 is 17.5 Å². The molecule has 2 N–H and O–H groups in total. The van der Waals surface area contributed by atoms with E-state index < -0.39 is 6.04 Å². The van der Waals surface area contributed by atoms with E-state index in [0.29, 0.717) is 58.8 Å². The molecule has 38 heavy (non-hydrogen) atoms. The van der Waals surface area contributed by atoms with Crippen molar-refractivity contribution in [3.8, 4) is 28.5 Å². The van der Waals surface area contributed by atoms with Gasteiger partial charge >= 0.3 is 0 Å². The molecule has 5 rings (SSSR count). The highest BCUT2D eigenvalue weighted by Gasteiger charge is 2.42. The van der Waals surface area contributed by atoms with Crippen LogP contribution < -0.4 is 9.47 Å². The van der Waals surface area contributed by atoms with Gasteiger partial charge in [0.15, 0.2) is 11.5 Å². The Labute approximate surface area is 227 Å². The Balaban J connectivity index is 1.58. The number of phenolic OH excluding ortho intramolecular Hbond substituents is 1. The third kappa shape index (κ3) is 4.70. The van der Waals surface area contributed by atoms with E-state index in [2.05, 4.69) is 10.2 Å². The van der Waals surface area contributed by atoms with Crippen LogP contribution in [-0.4, -0.2) is 39.3 Å². The summed E-state index contributed by atoms with van der Waals surface area (Å²) in [4.78, 5) is 15.3. The van der Waals surface area contributed by atoms with E-state index in [4.69, 9.17) is 21.1 Å². The first-order valence-corrected chi connectivity index (χ1v) is 13.1. The molecule has 7 nitrogen and oxygen atoms in total. The number of carbonyl (C=O) groups is 1. The smallest absolute Gasteiger partial charge is 0.273 e. The van der Waals surface area contributed by atoms with Gasteiger partial charge in [0.2, 0.25) is 0 Å². The summed E-state index contributed by atoms with van der Waals surface area (Å²) in [6.07, 6.45) is 0.785. The van der Waals surface area contributed by atoms with Crippen molar-refractivity contribution in [2.24, 2.45) is 0 Å². The number of aromatic hydroxyl groups is 1. The number of rotatable bonds is 9. The molecule has 0 fully saturated rings. The van der Waals surface area contributed by atoms with Crippen molar-refractivity contribution in [1.29, 1.82) is 0 Å². The molecule has 0 radical (unpaired) electrons. The molecule has 0 saturated heterocycles. The number of H-pyrrole nitrogens is 1. The van der Waals surface area contributed by atoms with Crippen molar-refractivity contribution in [2.45, 2.75) is 39.8 Å². The highest BCUT2D eigenvalue weighted by molar-refractivity contribution is 6.31. The van der Waals surface area contributed by atoms with Crippen molar-refractivity contribution < 1.29 is 19.4 Å². The van der Waals surface area contributed by atoms with Gasteiger partial charge in [-0.15, -0.1) is 0 Å². The quantitative estimate of drug-likeness (QED) is 0.251. The molecule has 4 aromatic rings. The molecule has 3 aromatic carbocycles. The Kier molecular flexibility index (Phi) is 7.29. The lowest BCUT2D eigenvalue weighted by atomic mass is 9.95. The normalized spacial score (nSPS) is 14.6. The standard InChI is InChI=1S/C30H30ClN3O4/c1-4-13-34-29(20-11-12-24(25(15-20)37-5-2)38-17-19-9-7-6-8-10-19)26-27(32-33-28(26)30(34)36)21-16-22(31)18(3)14-23(21)35/h6-12,14-16,29,35H,4-5,13,17H2,1-3H3,(H,32,33). The molecule has 2 heterocycles. The average molecular weight is 532 g/mol. The number of hydrogen-bond donors (Lipinski definition) is 2. The van der Waals surface area contributed by atoms with E-state index in [0.717, 1.165) is 23.1 Å². The molecule has 0 bridgehead atoms. The van der Waals surface area contributed by atoms with Crippen molar-refractivity contribution in [2.75, 3.05) is 13.2 Å². The van der Waals surface area contributed by atoms with Crippen LogP contribution in [0, 0.1) is 6.92 Å². The second kappa shape index (κ2) is 10.8. The minimum Gasteiger partial charge on any atom is -0.507 e. The summed E-state index contributed by atoms with van der Waals surface area (Å²) in [5, 5.41) is 18.7. The topological polar surface area (TPSA) is 87.7 Å². The van der Waals surface area contributed by atoms with Crippen LogP contribution in [0.5, 0.6) is 17.2 Å². The molecule has 0 spiro atoms. The summed E-state index contributed by atoms with van der Waals surface area (Å²) in [5.74, 6) is 1.15. The number of halogens is 1. The van der Waals surface area contributed by atoms with Crippen LogP contribution in [-0.2, 0) is 6.61 Å². The molecular formula is C30H30ClN3O4. The van der Waals surface area contributed by atoms with Gasteiger partial charge < -0.3 is 19.5 Å². The maximum Gasteiger partial charge on any atom is 0.273 e. The lowest BCUT2D eigenvalue weighted by Crippen LogP contribution is -2.30. The fourth-order valence-electron chi connectivity index (χ4n) is 4.89. The number of amides is 1. The molecule has 0 aliphatic carbocycles. The Morgan fingerprint density at radius 3 is 2.58 bits per heavy atom. The number of fused-ring (bicyclic) bond motifs is 1.